The maximum absolute atomic E-state index is 6.24. The Labute approximate surface area is 252 Å². The van der Waals surface area contributed by atoms with E-state index < -0.39 is 0 Å². The fourth-order valence-corrected chi connectivity index (χ4v) is 5.90. The topological polar surface area (TPSA) is 38.9 Å². The standard InChI is InChI=1S/C21H14NOS.C14H14N.Ir/c1-12-13(2)24-18-10-9-17-20(19(12)18)15-7-5-6-14(21(15)23-17)16-8-3-4-11-22-16;1-10-4-6-13(7-5-10)14-8-11(2)12(3)9-15-14;/h3-5,7-11H,1-2H3;4-6,8-9H,1-3H3;/q2*-1;. The van der Waals surface area contributed by atoms with Crippen molar-refractivity contribution in [3.8, 4) is 22.5 Å². The Balaban J connectivity index is 0.000000175. The number of benzene rings is 3. The number of fused-ring (bicyclic) bond motifs is 5. The Bertz CT molecular complexity index is 1950. The van der Waals surface area contributed by atoms with Gasteiger partial charge in [0.25, 0.3) is 0 Å². The van der Waals surface area contributed by atoms with E-state index in [1.54, 1.807) is 6.20 Å². The second-order valence-corrected chi connectivity index (χ2v) is 11.2. The Kier molecular flexibility index (Phi) is 8.00. The molecule has 0 aliphatic heterocycles. The van der Waals surface area contributed by atoms with Gasteiger partial charge in [-0.15, -0.1) is 64.9 Å². The predicted octanol–water partition coefficient (Wildman–Crippen LogP) is 9.75. The molecular weight excluding hydrogens is 689 g/mol. The number of hydrogen-bond donors (Lipinski definition) is 0. The number of aryl methyl sites for hydroxylation is 5. The van der Waals surface area contributed by atoms with Gasteiger partial charge in [0.05, 0.1) is 5.58 Å². The van der Waals surface area contributed by atoms with E-state index in [2.05, 4.69) is 93.1 Å². The number of rotatable bonds is 2. The van der Waals surface area contributed by atoms with Gasteiger partial charge in [-0.25, -0.2) is 0 Å². The minimum absolute atomic E-state index is 0. The van der Waals surface area contributed by atoms with Crippen LogP contribution in [0.2, 0.25) is 0 Å². The molecular formula is C35H28IrN2OS-2. The molecule has 5 heteroatoms. The summed E-state index contributed by atoms with van der Waals surface area (Å²) in [6, 6.07) is 29.0. The zero-order valence-corrected chi connectivity index (χ0v) is 26.3. The molecule has 0 amide bonds. The SMILES string of the molecule is Cc1c[c-]c(-c2cc(C)c(C)cn2)cc1.Cc1sc2ccc3oc4c(-c5ccccn5)[c-]ccc4c3c2c1C.[Ir]. The van der Waals surface area contributed by atoms with Crippen LogP contribution >= 0.6 is 11.3 Å². The largest absolute Gasteiger partial charge is 0.501 e. The van der Waals surface area contributed by atoms with Crippen molar-refractivity contribution in [2.45, 2.75) is 34.6 Å². The van der Waals surface area contributed by atoms with Crippen molar-refractivity contribution in [3.63, 3.8) is 0 Å². The molecule has 0 saturated carbocycles. The molecule has 3 aromatic carbocycles. The zero-order chi connectivity index (χ0) is 27.1. The third kappa shape index (κ3) is 5.13. The molecule has 0 aliphatic carbocycles. The third-order valence-corrected chi connectivity index (χ3v) is 8.44. The quantitative estimate of drug-likeness (QED) is 0.167. The van der Waals surface area contributed by atoms with Gasteiger partial charge in [-0.05, 0) is 68.4 Å². The van der Waals surface area contributed by atoms with Gasteiger partial charge in [0.2, 0.25) is 0 Å². The number of hydrogen-bond acceptors (Lipinski definition) is 4. The first kappa shape index (κ1) is 27.9. The van der Waals surface area contributed by atoms with Gasteiger partial charge in [0, 0.05) is 52.8 Å². The van der Waals surface area contributed by atoms with Crippen LogP contribution in [-0.2, 0) is 20.1 Å². The van der Waals surface area contributed by atoms with Crippen molar-refractivity contribution in [1.29, 1.82) is 0 Å². The van der Waals surface area contributed by atoms with Gasteiger partial charge in [0.15, 0.2) is 0 Å². The fraction of sp³-hybridized carbons (Fsp3) is 0.143. The van der Waals surface area contributed by atoms with Crippen LogP contribution in [0.3, 0.4) is 0 Å². The predicted molar refractivity (Wildman–Crippen MR) is 163 cm³/mol. The van der Waals surface area contributed by atoms with E-state index in [-0.39, 0.29) is 20.1 Å². The monoisotopic (exact) mass is 717 g/mol. The summed E-state index contributed by atoms with van der Waals surface area (Å²) in [5.41, 5.74) is 10.7. The number of pyridine rings is 2. The van der Waals surface area contributed by atoms with Crippen molar-refractivity contribution in [2.75, 3.05) is 0 Å². The summed E-state index contributed by atoms with van der Waals surface area (Å²) in [6.45, 7) is 10.6. The van der Waals surface area contributed by atoms with Crippen LogP contribution in [0.1, 0.15) is 27.1 Å². The average Bonchev–Trinajstić information content (AvgIpc) is 3.48. The van der Waals surface area contributed by atoms with Crippen LogP contribution in [0.5, 0.6) is 0 Å². The molecule has 0 spiro atoms. The molecule has 1 radical (unpaired) electrons. The average molecular weight is 717 g/mol. The fourth-order valence-electron chi connectivity index (χ4n) is 4.82. The van der Waals surface area contributed by atoms with Gasteiger partial charge in [-0.2, -0.15) is 0 Å². The molecule has 0 fully saturated rings. The van der Waals surface area contributed by atoms with Gasteiger partial charge in [-0.1, -0.05) is 41.6 Å². The Morgan fingerprint density at radius 2 is 1.65 bits per heavy atom. The molecule has 0 aliphatic rings. The Hall–Kier alpha value is -3.63. The van der Waals surface area contributed by atoms with Gasteiger partial charge >= 0.3 is 0 Å². The van der Waals surface area contributed by atoms with Crippen LogP contribution in [0.25, 0.3) is 54.5 Å². The van der Waals surface area contributed by atoms with Crippen LogP contribution in [0.4, 0.5) is 0 Å². The minimum atomic E-state index is 0. The summed E-state index contributed by atoms with van der Waals surface area (Å²) < 4.78 is 7.56. The maximum Gasteiger partial charge on any atom is 0.121 e. The number of furan rings is 1. The molecule has 0 saturated heterocycles. The molecule has 0 unspecified atom stereocenters. The number of nitrogens with zero attached hydrogens (tertiary/aromatic N) is 2. The van der Waals surface area contributed by atoms with E-state index in [4.69, 9.17) is 4.42 Å². The number of thiophene rings is 1. The molecule has 201 valence electrons. The summed E-state index contributed by atoms with van der Waals surface area (Å²) in [5.74, 6) is 0. The van der Waals surface area contributed by atoms with Crippen LogP contribution in [0, 0.1) is 46.8 Å². The minimum Gasteiger partial charge on any atom is -0.501 e. The van der Waals surface area contributed by atoms with E-state index in [1.807, 2.05) is 47.9 Å². The third-order valence-electron chi connectivity index (χ3n) is 7.26. The number of aromatic nitrogens is 2. The summed E-state index contributed by atoms with van der Waals surface area (Å²) in [7, 11) is 0. The Morgan fingerprint density at radius 3 is 2.38 bits per heavy atom. The van der Waals surface area contributed by atoms with E-state index in [1.165, 1.54) is 42.6 Å². The van der Waals surface area contributed by atoms with Gasteiger partial charge in [-0.3, -0.25) is 0 Å². The van der Waals surface area contributed by atoms with E-state index in [0.29, 0.717) is 0 Å². The van der Waals surface area contributed by atoms with Crippen LogP contribution < -0.4 is 0 Å². The molecule has 3 nitrogen and oxygen atoms in total. The van der Waals surface area contributed by atoms with Crippen molar-refractivity contribution in [1.82, 2.24) is 9.97 Å². The normalized spacial score (nSPS) is 10.9. The van der Waals surface area contributed by atoms with E-state index in [0.717, 1.165) is 39.1 Å². The van der Waals surface area contributed by atoms with Crippen molar-refractivity contribution >= 4 is 43.4 Å². The molecule has 0 bridgehead atoms. The van der Waals surface area contributed by atoms with Gasteiger partial charge < -0.3 is 14.4 Å². The van der Waals surface area contributed by atoms with Gasteiger partial charge in [0.1, 0.15) is 5.58 Å². The van der Waals surface area contributed by atoms with Crippen LogP contribution in [-0.4, -0.2) is 9.97 Å². The molecule has 40 heavy (non-hydrogen) atoms. The van der Waals surface area contributed by atoms with Crippen molar-refractivity contribution in [2.24, 2.45) is 0 Å². The molecule has 7 aromatic rings. The molecule has 0 N–H and O–H groups in total. The smallest absolute Gasteiger partial charge is 0.121 e. The summed E-state index contributed by atoms with van der Waals surface area (Å²) in [5, 5.41) is 3.65. The Morgan fingerprint density at radius 1 is 0.800 bits per heavy atom. The second-order valence-electron chi connectivity index (χ2n) is 9.94. The first-order valence-electron chi connectivity index (χ1n) is 13.0. The molecule has 4 heterocycles. The van der Waals surface area contributed by atoms with Crippen LogP contribution in [0.15, 0.2) is 83.5 Å². The van der Waals surface area contributed by atoms with E-state index in [9.17, 15) is 0 Å². The summed E-state index contributed by atoms with van der Waals surface area (Å²) >= 11 is 1.84. The van der Waals surface area contributed by atoms with E-state index >= 15 is 0 Å². The first-order chi connectivity index (χ1) is 18.9. The zero-order valence-electron chi connectivity index (χ0n) is 23.0. The van der Waals surface area contributed by atoms with Crippen molar-refractivity contribution in [3.05, 3.63) is 118 Å². The first-order valence-corrected chi connectivity index (χ1v) is 13.8. The maximum atomic E-state index is 6.24. The molecule has 7 rings (SSSR count). The molecule has 0 atom stereocenters. The summed E-state index contributed by atoms with van der Waals surface area (Å²) in [4.78, 5) is 10.2. The summed E-state index contributed by atoms with van der Waals surface area (Å²) in [6.07, 6.45) is 3.72. The second kappa shape index (κ2) is 11.5. The van der Waals surface area contributed by atoms with Crippen molar-refractivity contribution < 1.29 is 24.5 Å². The molecule has 4 aromatic heterocycles.